The van der Waals surface area contributed by atoms with Gasteiger partial charge < -0.3 is 20.1 Å². The van der Waals surface area contributed by atoms with Crippen LogP contribution in [0.3, 0.4) is 0 Å². The van der Waals surface area contributed by atoms with E-state index in [1.807, 2.05) is 0 Å². The third-order valence-electron chi connectivity index (χ3n) is 3.97. The highest BCUT2D eigenvalue weighted by Gasteiger charge is 2.28. The largest absolute Gasteiger partial charge is 0.493 e. The van der Waals surface area contributed by atoms with Crippen molar-refractivity contribution in [1.29, 1.82) is 0 Å². The van der Waals surface area contributed by atoms with Crippen LogP contribution in [0.15, 0.2) is 18.2 Å². The number of para-hydroxylation sites is 1. The molecule has 0 radical (unpaired) electrons. The quantitative estimate of drug-likeness (QED) is 0.864. The summed E-state index contributed by atoms with van der Waals surface area (Å²) in [6, 6.07) is 4.94. The van der Waals surface area contributed by atoms with Crippen LogP contribution < -0.4 is 15.4 Å². The van der Waals surface area contributed by atoms with Gasteiger partial charge in [0.05, 0.1) is 31.0 Å². The molecule has 6 nitrogen and oxygen atoms in total. The number of nitrogens with one attached hydrogen (secondary N) is 2. The van der Waals surface area contributed by atoms with Gasteiger partial charge in [-0.3, -0.25) is 4.90 Å². The fourth-order valence-corrected chi connectivity index (χ4v) is 2.81. The van der Waals surface area contributed by atoms with Gasteiger partial charge in [-0.25, -0.2) is 4.79 Å². The number of urea groups is 1. The monoisotopic (exact) mass is 341 g/mol. The Hall–Kier alpha value is -1.50. The first-order valence-electron chi connectivity index (χ1n) is 7.64. The standard InChI is InChI=1S/C16H24ClN3O3/c1-16(2,20-7-9-23-10-8-20)11-18-15(21)19-13-6-4-5-12(17)14(13)22-3/h4-6H,7-11H2,1-3H3,(H2,18,19,21). The second-order valence-electron chi connectivity index (χ2n) is 6.04. The smallest absolute Gasteiger partial charge is 0.319 e. The molecule has 1 aliphatic heterocycles. The molecule has 0 atom stereocenters. The summed E-state index contributed by atoms with van der Waals surface area (Å²) in [6.45, 7) is 7.96. The Balaban J connectivity index is 1.91. The third kappa shape index (κ3) is 4.73. The van der Waals surface area contributed by atoms with Crippen molar-refractivity contribution in [1.82, 2.24) is 10.2 Å². The van der Waals surface area contributed by atoms with Crippen molar-refractivity contribution in [3.8, 4) is 5.75 Å². The molecule has 2 N–H and O–H groups in total. The van der Waals surface area contributed by atoms with Crippen LogP contribution in [-0.2, 0) is 4.74 Å². The zero-order chi connectivity index (χ0) is 16.9. The lowest BCUT2D eigenvalue weighted by Crippen LogP contribution is -2.55. The predicted octanol–water partition coefficient (Wildman–Crippen LogP) is 2.58. The molecule has 0 spiro atoms. The van der Waals surface area contributed by atoms with Crippen molar-refractivity contribution in [2.24, 2.45) is 0 Å². The first kappa shape index (κ1) is 17.8. The maximum Gasteiger partial charge on any atom is 0.319 e. The number of carbonyl (C=O) groups is 1. The normalized spacial score (nSPS) is 16.0. The number of morpholine rings is 1. The molecule has 1 aromatic rings. The summed E-state index contributed by atoms with van der Waals surface area (Å²) in [5, 5.41) is 6.14. The van der Waals surface area contributed by atoms with Crippen LogP contribution in [0.1, 0.15) is 13.8 Å². The molecule has 2 rings (SSSR count). The van der Waals surface area contributed by atoms with Crippen molar-refractivity contribution in [2.45, 2.75) is 19.4 Å². The molecule has 0 unspecified atom stereocenters. The van der Waals surface area contributed by atoms with Crippen LogP contribution in [-0.4, -0.2) is 56.4 Å². The molecule has 0 aromatic heterocycles. The Morgan fingerprint density at radius 1 is 1.39 bits per heavy atom. The number of nitrogens with zero attached hydrogens (tertiary/aromatic N) is 1. The number of hydrogen-bond acceptors (Lipinski definition) is 4. The van der Waals surface area contributed by atoms with E-state index >= 15 is 0 Å². The number of amides is 2. The minimum Gasteiger partial charge on any atom is -0.493 e. The fourth-order valence-electron chi connectivity index (χ4n) is 2.56. The minimum absolute atomic E-state index is 0.139. The summed E-state index contributed by atoms with van der Waals surface area (Å²) < 4.78 is 10.6. The third-order valence-corrected chi connectivity index (χ3v) is 4.27. The number of anilines is 1. The van der Waals surface area contributed by atoms with Crippen molar-refractivity contribution in [3.63, 3.8) is 0 Å². The van der Waals surface area contributed by atoms with E-state index in [0.29, 0.717) is 23.0 Å². The molecule has 23 heavy (non-hydrogen) atoms. The number of carbonyl (C=O) groups excluding carboxylic acids is 1. The Kier molecular flexibility index (Phi) is 6.10. The molecule has 1 aromatic carbocycles. The highest BCUT2D eigenvalue weighted by atomic mass is 35.5. The molecular formula is C16H24ClN3O3. The van der Waals surface area contributed by atoms with Gasteiger partial charge in [-0.05, 0) is 26.0 Å². The van der Waals surface area contributed by atoms with E-state index < -0.39 is 0 Å². The molecule has 1 aliphatic rings. The summed E-state index contributed by atoms with van der Waals surface area (Å²) in [5.41, 5.74) is 0.404. The first-order chi connectivity index (χ1) is 10.9. The molecule has 128 valence electrons. The van der Waals surface area contributed by atoms with Gasteiger partial charge in [0.1, 0.15) is 0 Å². The van der Waals surface area contributed by atoms with E-state index in [4.69, 9.17) is 21.1 Å². The van der Waals surface area contributed by atoms with Gasteiger partial charge in [-0.15, -0.1) is 0 Å². The van der Waals surface area contributed by atoms with E-state index in [2.05, 4.69) is 29.4 Å². The zero-order valence-corrected chi connectivity index (χ0v) is 14.6. The van der Waals surface area contributed by atoms with Crippen molar-refractivity contribution >= 4 is 23.3 Å². The van der Waals surface area contributed by atoms with Crippen molar-refractivity contribution in [2.75, 3.05) is 45.3 Å². The topological polar surface area (TPSA) is 62.8 Å². The van der Waals surface area contributed by atoms with Crippen LogP contribution in [0.25, 0.3) is 0 Å². The van der Waals surface area contributed by atoms with E-state index in [-0.39, 0.29) is 11.6 Å². The van der Waals surface area contributed by atoms with Gasteiger partial charge in [0.2, 0.25) is 0 Å². The summed E-state index contributed by atoms with van der Waals surface area (Å²) >= 11 is 6.05. The van der Waals surface area contributed by atoms with E-state index in [9.17, 15) is 4.79 Å². The van der Waals surface area contributed by atoms with E-state index in [1.54, 1.807) is 18.2 Å². The number of halogens is 1. The average Bonchev–Trinajstić information content (AvgIpc) is 2.54. The zero-order valence-electron chi connectivity index (χ0n) is 13.8. The van der Waals surface area contributed by atoms with Gasteiger partial charge in [0.15, 0.2) is 5.75 Å². The summed E-state index contributed by atoms with van der Waals surface area (Å²) in [5.74, 6) is 0.455. The van der Waals surface area contributed by atoms with Crippen LogP contribution in [0.5, 0.6) is 5.75 Å². The van der Waals surface area contributed by atoms with E-state index in [0.717, 1.165) is 26.3 Å². The van der Waals surface area contributed by atoms with E-state index in [1.165, 1.54) is 7.11 Å². The molecule has 2 amide bonds. The van der Waals surface area contributed by atoms with Crippen LogP contribution in [0.2, 0.25) is 5.02 Å². The SMILES string of the molecule is COc1c(Cl)cccc1NC(=O)NCC(C)(C)N1CCOCC1. The number of rotatable bonds is 5. The second kappa shape index (κ2) is 7.86. The number of hydrogen-bond donors (Lipinski definition) is 2. The lowest BCUT2D eigenvalue weighted by molar-refractivity contribution is -0.00863. The highest BCUT2D eigenvalue weighted by Crippen LogP contribution is 2.32. The molecule has 1 heterocycles. The van der Waals surface area contributed by atoms with Gasteiger partial charge >= 0.3 is 6.03 Å². The lowest BCUT2D eigenvalue weighted by atomic mass is 10.0. The van der Waals surface area contributed by atoms with Crippen molar-refractivity contribution in [3.05, 3.63) is 23.2 Å². The fraction of sp³-hybridized carbons (Fsp3) is 0.562. The van der Waals surface area contributed by atoms with Crippen LogP contribution >= 0.6 is 11.6 Å². The Bertz CT molecular complexity index is 545. The van der Waals surface area contributed by atoms with Gasteiger partial charge in [0, 0.05) is 25.2 Å². The highest BCUT2D eigenvalue weighted by molar-refractivity contribution is 6.32. The Morgan fingerprint density at radius 2 is 2.09 bits per heavy atom. The molecule has 0 aliphatic carbocycles. The second-order valence-corrected chi connectivity index (χ2v) is 6.45. The van der Waals surface area contributed by atoms with Gasteiger partial charge in [0.25, 0.3) is 0 Å². The molecule has 1 saturated heterocycles. The average molecular weight is 342 g/mol. The number of benzene rings is 1. The number of methoxy groups -OCH3 is 1. The van der Waals surface area contributed by atoms with Crippen molar-refractivity contribution < 1.29 is 14.3 Å². The molecule has 0 saturated carbocycles. The molecule has 1 fully saturated rings. The summed E-state index contributed by atoms with van der Waals surface area (Å²) in [4.78, 5) is 14.5. The molecular weight excluding hydrogens is 318 g/mol. The molecule has 0 bridgehead atoms. The van der Waals surface area contributed by atoms with Gasteiger partial charge in [-0.1, -0.05) is 17.7 Å². The minimum atomic E-state index is -0.285. The summed E-state index contributed by atoms with van der Waals surface area (Å²) in [6.07, 6.45) is 0. The Labute approximate surface area is 142 Å². The van der Waals surface area contributed by atoms with Gasteiger partial charge in [-0.2, -0.15) is 0 Å². The number of ether oxygens (including phenoxy) is 2. The maximum atomic E-state index is 12.2. The predicted molar refractivity (Wildman–Crippen MR) is 91.5 cm³/mol. The first-order valence-corrected chi connectivity index (χ1v) is 8.02. The van der Waals surface area contributed by atoms with Crippen LogP contribution in [0.4, 0.5) is 10.5 Å². The maximum absolute atomic E-state index is 12.2. The Morgan fingerprint density at radius 3 is 2.74 bits per heavy atom. The lowest BCUT2D eigenvalue weighted by Gasteiger charge is -2.40. The molecule has 7 heteroatoms. The summed E-state index contributed by atoms with van der Waals surface area (Å²) in [7, 11) is 1.52. The van der Waals surface area contributed by atoms with Crippen LogP contribution in [0, 0.1) is 0 Å².